The third-order valence-corrected chi connectivity index (χ3v) is 5.95. The molecule has 150 valence electrons. The van der Waals surface area contributed by atoms with Gasteiger partial charge in [0.25, 0.3) is 0 Å². The Bertz CT molecular complexity index is 777. The Morgan fingerprint density at radius 1 is 1.18 bits per heavy atom. The first kappa shape index (κ1) is 19.0. The van der Waals surface area contributed by atoms with Gasteiger partial charge in [0.15, 0.2) is 0 Å². The number of pyridine rings is 1. The van der Waals surface area contributed by atoms with Crippen molar-refractivity contribution in [2.45, 2.75) is 32.7 Å². The van der Waals surface area contributed by atoms with Crippen LogP contribution in [0.5, 0.6) is 0 Å². The van der Waals surface area contributed by atoms with Gasteiger partial charge in [0.05, 0.1) is 18.7 Å². The summed E-state index contributed by atoms with van der Waals surface area (Å²) in [5, 5.41) is 0. The van der Waals surface area contributed by atoms with Crippen molar-refractivity contribution in [2.24, 2.45) is 5.92 Å². The summed E-state index contributed by atoms with van der Waals surface area (Å²) in [6.45, 7) is 8.31. The highest BCUT2D eigenvalue weighted by Gasteiger charge is 2.30. The molecule has 0 aliphatic carbocycles. The third-order valence-electron chi connectivity index (χ3n) is 5.95. The maximum atomic E-state index is 13.2. The fraction of sp³-hybridized carbons (Fsp3) is 0.545. The lowest BCUT2D eigenvalue weighted by molar-refractivity contribution is -0.137. The van der Waals surface area contributed by atoms with Gasteiger partial charge in [-0.25, -0.2) is 0 Å². The van der Waals surface area contributed by atoms with Crippen LogP contribution in [0.1, 0.15) is 30.6 Å². The highest BCUT2D eigenvalue weighted by Crippen LogP contribution is 2.23. The number of rotatable bonds is 4. The molecule has 6 heteroatoms. The summed E-state index contributed by atoms with van der Waals surface area (Å²) >= 11 is 0. The van der Waals surface area contributed by atoms with Crippen molar-refractivity contribution in [3.05, 3.63) is 48.2 Å². The molecule has 0 saturated carbocycles. The minimum Gasteiger partial charge on any atom is -0.468 e. The molecule has 2 aromatic rings. The largest absolute Gasteiger partial charge is 0.468 e. The van der Waals surface area contributed by atoms with Crippen LogP contribution in [0.25, 0.3) is 0 Å². The molecule has 0 unspecified atom stereocenters. The second kappa shape index (κ2) is 8.78. The molecule has 0 spiro atoms. The lowest BCUT2D eigenvalue weighted by Gasteiger charge is -2.34. The highest BCUT2D eigenvalue weighted by atomic mass is 16.3. The van der Waals surface area contributed by atoms with E-state index in [0.29, 0.717) is 5.91 Å². The minimum atomic E-state index is 0.109. The molecule has 4 rings (SSSR count). The summed E-state index contributed by atoms with van der Waals surface area (Å²) in [6, 6.07) is 6.02. The number of carbonyl (C=O) groups is 1. The average Bonchev–Trinajstić information content (AvgIpc) is 3.10. The topological polar surface area (TPSA) is 52.8 Å². The van der Waals surface area contributed by atoms with E-state index < -0.39 is 0 Å². The van der Waals surface area contributed by atoms with Crippen molar-refractivity contribution >= 4 is 11.6 Å². The van der Waals surface area contributed by atoms with Crippen LogP contribution in [0.15, 0.2) is 41.3 Å². The van der Waals surface area contributed by atoms with E-state index in [2.05, 4.69) is 32.7 Å². The van der Waals surface area contributed by atoms with E-state index in [-0.39, 0.29) is 5.92 Å². The van der Waals surface area contributed by atoms with Crippen LogP contribution in [0.4, 0.5) is 5.69 Å². The zero-order valence-corrected chi connectivity index (χ0v) is 16.7. The molecule has 2 aliphatic heterocycles. The number of nitrogens with zero attached hydrogens (tertiary/aromatic N) is 4. The monoisotopic (exact) mass is 382 g/mol. The molecule has 0 radical (unpaired) electrons. The smallest absolute Gasteiger partial charge is 0.227 e. The Morgan fingerprint density at radius 3 is 2.93 bits per heavy atom. The molecular formula is C22H30N4O2. The Hall–Kier alpha value is -2.34. The van der Waals surface area contributed by atoms with E-state index in [9.17, 15) is 4.79 Å². The van der Waals surface area contributed by atoms with Crippen LogP contribution in [-0.4, -0.2) is 60.0 Å². The first-order valence-corrected chi connectivity index (χ1v) is 10.4. The number of aromatic nitrogens is 1. The molecule has 0 bridgehead atoms. The Kier molecular flexibility index (Phi) is 5.95. The van der Waals surface area contributed by atoms with E-state index in [1.807, 2.05) is 24.5 Å². The summed E-state index contributed by atoms with van der Waals surface area (Å²) in [6.07, 6.45) is 8.57. The molecule has 1 atom stereocenters. The van der Waals surface area contributed by atoms with Crippen LogP contribution in [0.2, 0.25) is 0 Å². The average molecular weight is 383 g/mol. The molecule has 0 N–H and O–H groups in total. The van der Waals surface area contributed by atoms with E-state index in [0.717, 1.165) is 70.8 Å². The molecule has 2 saturated heterocycles. The molecule has 4 heterocycles. The normalized spacial score (nSPS) is 21.5. The lowest BCUT2D eigenvalue weighted by atomic mass is 9.96. The van der Waals surface area contributed by atoms with E-state index in [4.69, 9.17) is 4.42 Å². The lowest BCUT2D eigenvalue weighted by Crippen LogP contribution is -2.45. The molecule has 0 aromatic carbocycles. The molecule has 2 fully saturated rings. The van der Waals surface area contributed by atoms with Gasteiger partial charge >= 0.3 is 0 Å². The number of amides is 1. The second-order valence-electron chi connectivity index (χ2n) is 7.98. The predicted molar refractivity (Wildman–Crippen MR) is 109 cm³/mol. The fourth-order valence-corrected chi connectivity index (χ4v) is 4.48. The van der Waals surface area contributed by atoms with Crippen molar-refractivity contribution in [1.82, 2.24) is 14.8 Å². The van der Waals surface area contributed by atoms with Crippen molar-refractivity contribution in [3.63, 3.8) is 0 Å². The maximum Gasteiger partial charge on any atom is 0.227 e. The highest BCUT2D eigenvalue weighted by molar-refractivity contribution is 5.79. The second-order valence-corrected chi connectivity index (χ2v) is 7.98. The van der Waals surface area contributed by atoms with Crippen molar-refractivity contribution in [1.29, 1.82) is 0 Å². The summed E-state index contributed by atoms with van der Waals surface area (Å²) in [7, 11) is 0. The number of likely N-dealkylation sites (tertiary alicyclic amines) is 1. The van der Waals surface area contributed by atoms with Gasteiger partial charge in [0, 0.05) is 50.8 Å². The molecular weight excluding hydrogens is 352 g/mol. The first-order valence-electron chi connectivity index (χ1n) is 10.4. The molecule has 6 nitrogen and oxygen atoms in total. The maximum absolute atomic E-state index is 13.2. The van der Waals surface area contributed by atoms with E-state index in [1.165, 1.54) is 11.3 Å². The van der Waals surface area contributed by atoms with Gasteiger partial charge < -0.3 is 14.2 Å². The standard InChI is InChI=1S/C22H30N4O2/c1-18-15-23-8-7-21(18)25-10-4-11-26(13-12-25)22(27)19-5-2-9-24(16-19)17-20-6-3-14-28-20/h3,6-8,14-15,19H,2,4-5,9-13,16-17H2,1H3/t19-/m0/s1. The van der Waals surface area contributed by atoms with Gasteiger partial charge in [-0.3, -0.25) is 14.7 Å². The van der Waals surface area contributed by atoms with Gasteiger partial charge in [0.1, 0.15) is 5.76 Å². The van der Waals surface area contributed by atoms with Gasteiger partial charge in [-0.2, -0.15) is 0 Å². The Labute approximate surface area is 167 Å². The van der Waals surface area contributed by atoms with Crippen molar-refractivity contribution < 1.29 is 9.21 Å². The summed E-state index contributed by atoms with van der Waals surface area (Å²) in [5.41, 5.74) is 2.44. The van der Waals surface area contributed by atoms with Crippen molar-refractivity contribution in [3.8, 4) is 0 Å². The van der Waals surface area contributed by atoms with Crippen molar-refractivity contribution in [2.75, 3.05) is 44.2 Å². The number of furan rings is 1. The quantitative estimate of drug-likeness (QED) is 0.814. The fourth-order valence-electron chi connectivity index (χ4n) is 4.48. The number of aryl methyl sites for hydroxylation is 1. The number of piperidine rings is 1. The summed E-state index contributed by atoms with van der Waals surface area (Å²) in [5.74, 6) is 1.42. The van der Waals surface area contributed by atoms with Crippen LogP contribution in [0.3, 0.4) is 0 Å². The number of carbonyl (C=O) groups excluding carboxylic acids is 1. The zero-order chi connectivity index (χ0) is 19.3. The zero-order valence-electron chi connectivity index (χ0n) is 16.7. The number of hydrogen-bond donors (Lipinski definition) is 0. The number of hydrogen-bond acceptors (Lipinski definition) is 5. The van der Waals surface area contributed by atoms with Crippen LogP contribution < -0.4 is 4.90 Å². The Balaban J connectivity index is 1.35. The summed E-state index contributed by atoms with van der Waals surface area (Å²) in [4.78, 5) is 24.3. The van der Waals surface area contributed by atoms with Gasteiger partial charge in [-0.15, -0.1) is 0 Å². The van der Waals surface area contributed by atoms with Crippen LogP contribution >= 0.6 is 0 Å². The van der Waals surface area contributed by atoms with E-state index >= 15 is 0 Å². The number of anilines is 1. The van der Waals surface area contributed by atoms with Crippen LogP contribution in [-0.2, 0) is 11.3 Å². The molecule has 2 aliphatic rings. The molecule has 28 heavy (non-hydrogen) atoms. The van der Waals surface area contributed by atoms with Gasteiger partial charge in [0.2, 0.25) is 5.91 Å². The predicted octanol–water partition coefficient (Wildman–Crippen LogP) is 2.93. The molecule has 2 aromatic heterocycles. The molecule has 1 amide bonds. The van der Waals surface area contributed by atoms with Gasteiger partial charge in [-0.05, 0) is 56.5 Å². The minimum absolute atomic E-state index is 0.109. The van der Waals surface area contributed by atoms with E-state index in [1.54, 1.807) is 6.26 Å². The first-order chi connectivity index (χ1) is 13.7. The SMILES string of the molecule is Cc1cnccc1N1CCCN(C(=O)[C@H]2CCCN(Cc3ccco3)C2)CC1. The Morgan fingerprint density at radius 2 is 2.11 bits per heavy atom. The third kappa shape index (κ3) is 4.38. The summed E-state index contributed by atoms with van der Waals surface area (Å²) < 4.78 is 5.48. The van der Waals surface area contributed by atoms with Crippen LogP contribution in [0, 0.1) is 12.8 Å². The van der Waals surface area contributed by atoms with Gasteiger partial charge in [-0.1, -0.05) is 0 Å².